The average Bonchev–Trinajstić information content (AvgIpc) is 2.61. The number of carbonyl (C=O) groups is 1. The highest BCUT2D eigenvalue weighted by atomic mass is 35.5. The number of nitrogens with one attached hydrogen (secondary N) is 2. The van der Waals surface area contributed by atoms with E-state index in [-0.39, 0.29) is 6.03 Å². The summed E-state index contributed by atoms with van der Waals surface area (Å²) in [6.45, 7) is 1.26. The van der Waals surface area contributed by atoms with E-state index >= 15 is 0 Å². The van der Waals surface area contributed by atoms with Crippen LogP contribution in [0.25, 0.3) is 0 Å². The van der Waals surface area contributed by atoms with Gasteiger partial charge in [-0.05, 0) is 48.4 Å². The summed E-state index contributed by atoms with van der Waals surface area (Å²) in [4.78, 5) is 11.7. The van der Waals surface area contributed by atoms with Crippen molar-refractivity contribution in [1.29, 1.82) is 0 Å². The quantitative estimate of drug-likeness (QED) is 0.680. The molecule has 2 amide bonds. The lowest BCUT2D eigenvalue weighted by Crippen LogP contribution is -2.38. The van der Waals surface area contributed by atoms with Gasteiger partial charge in [0.1, 0.15) is 18.1 Å². The summed E-state index contributed by atoms with van der Waals surface area (Å²) in [5, 5.41) is 6.70. The van der Waals surface area contributed by atoms with Crippen molar-refractivity contribution in [2.24, 2.45) is 0 Å². The topological polar surface area (TPSA) is 59.6 Å². The molecule has 0 aliphatic carbocycles. The number of amides is 2. The van der Waals surface area contributed by atoms with Gasteiger partial charge in [-0.1, -0.05) is 29.3 Å². The fourth-order valence-electron chi connectivity index (χ4n) is 2.10. The van der Waals surface area contributed by atoms with E-state index in [4.69, 9.17) is 32.7 Å². The Morgan fingerprint density at radius 1 is 1.00 bits per heavy atom. The van der Waals surface area contributed by atoms with Crippen LogP contribution in [0.15, 0.2) is 42.5 Å². The second kappa shape index (κ2) is 10.0. The molecule has 134 valence electrons. The van der Waals surface area contributed by atoms with Crippen LogP contribution in [-0.2, 0) is 6.42 Å². The van der Waals surface area contributed by atoms with Crippen molar-refractivity contribution >= 4 is 29.2 Å². The van der Waals surface area contributed by atoms with Crippen molar-refractivity contribution in [3.05, 3.63) is 58.1 Å². The van der Waals surface area contributed by atoms with E-state index in [0.717, 1.165) is 17.1 Å². The second-order valence-corrected chi connectivity index (χ2v) is 6.04. The van der Waals surface area contributed by atoms with Crippen molar-refractivity contribution in [3.8, 4) is 11.5 Å². The summed E-state index contributed by atoms with van der Waals surface area (Å²) in [7, 11) is 1.61. The fourth-order valence-corrected chi connectivity index (χ4v) is 2.61. The van der Waals surface area contributed by atoms with Gasteiger partial charge in [0.25, 0.3) is 0 Å². The molecule has 0 aliphatic rings. The molecule has 2 N–H and O–H groups in total. The lowest BCUT2D eigenvalue weighted by atomic mass is 10.1. The molecule has 0 fully saturated rings. The number of halogens is 2. The van der Waals surface area contributed by atoms with E-state index in [1.165, 1.54) is 0 Å². The molecule has 25 heavy (non-hydrogen) atoms. The summed E-state index contributed by atoms with van der Waals surface area (Å²) in [6.07, 6.45) is 0.631. The van der Waals surface area contributed by atoms with Crippen LogP contribution in [0.1, 0.15) is 5.56 Å². The minimum atomic E-state index is -0.247. The van der Waals surface area contributed by atoms with Crippen molar-refractivity contribution in [2.75, 3.05) is 26.8 Å². The SMILES string of the molecule is COc1ccc(OCCNC(=O)NCCc2ccc(Cl)cc2Cl)cc1. The number of benzene rings is 2. The standard InChI is InChI=1S/C18H20Cl2N2O3/c1-24-15-4-6-16(7-5-15)25-11-10-22-18(23)21-9-8-13-2-3-14(19)12-17(13)20/h2-7,12H,8-11H2,1H3,(H2,21,22,23). The van der Waals surface area contributed by atoms with Crippen LogP contribution in [0.5, 0.6) is 11.5 Å². The zero-order valence-corrected chi connectivity index (χ0v) is 15.4. The molecule has 5 nitrogen and oxygen atoms in total. The highest BCUT2D eigenvalue weighted by Crippen LogP contribution is 2.21. The van der Waals surface area contributed by atoms with Crippen LogP contribution in [0.2, 0.25) is 10.0 Å². The van der Waals surface area contributed by atoms with Crippen LogP contribution in [-0.4, -0.2) is 32.8 Å². The van der Waals surface area contributed by atoms with Gasteiger partial charge >= 0.3 is 6.03 Å². The number of hydrogen-bond donors (Lipinski definition) is 2. The predicted octanol–water partition coefficient (Wildman–Crippen LogP) is 3.92. The Kier molecular flexibility index (Phi) is 7.70. The number of ether oxygens (including phenoxy) is 2. The van der Waals surface area contributed by atoms with Crippen LogP contribution in [0.3, 0.4) is 0 Å². The van der Waals surface area contributed by atoms with E-state index in [1.807, 2.05) is 30.3 Å². The van der Waals surface area contributed by atoms with E-state index in [0.29, 0.717) is 36.2 Å². The molecule has 0 heterocycles. The molecule has 0 radical (unpaired) electrons. The average molecular weight is 383 g/mol. The van der Waals surface area contributed by atoms with Gasteiger partial charge in [0.05, 0.1) is 13.7 Å². The highest BCUT2D eigenvalue weighted by Gasteiger charge is 2.03. The molecular weight excluding hydrogens is 363 g/mol. The monoisotopic (exact) mass is 382 g/mol. The zero-order chi connectivity index (χ0) is 18.1. The molecule has 0 saturated heterocycles. The van der Waals surface area contributed by atoms with E-state index in [9.17, 15) is 4.79 Å². The van der Waals surface area contributed by atoms with Gasteiger partial charge in [0.2, 0.25) is 0 Å². The lowest BCUT2D eigenvalue weighted by Gasteiger charge is -2.10. The van der Waals surface area contributed by atoms with Gasteiger partial charge < -0.3 is 20.1 Å². The molecule has 0 saturated carbocycles. The number of methoxy groups -OCH3 is 1. The summed E-state index contributed by atoms with van der Waals surface area (Å²) < 4.78 is 10.6. The number of urea groups is 1. The first-order chi connectivity index (χ1) is 12.1. The normalized spacial score (nSPS) is 10.2. The molecule has 2 aromatic rings. The minimum Gasteiger partial charge on any atom is -0.497 e. The third kappa shape index (κ3) is 6.72. The lowest BCUT2D eigenvalue weighted by molar-refractivity contribution is 0.236. The maximum absolute atomic E-state index is 11.7. The first kappa shape index (κ1) is 19.2. The Balaban J connectivity index is 1.60. The Morgan fingerprint density at radius 3 is 2.36 bits per heavy atom. The van der Waals surface area contributed by atoms with Crippen LogP contribution in [0.4, 0.5) is 4.79 Å². The van der Waals surface area contributed by atoms with Gasteiger partial charge in [-0.3, -0.25) is 0 Å². The highest BCUT2D eigenvalue weighted by molar-refractivity contribution is 6.35. The van der Waals surface area contributed by atoms with E-state index in [1.54, 1.807) is 19.2 Å². The molecule has 2 aromatic carbocycles. The predicted molar refractivity (Wildman–Crippen MR) is 100 cm³/mol. The van der Waals surface area contributed by atoms with Gasteiger partial charge in [0.15, 0.2) is 0 Å². The third-order valence-electron chi connectivity index (χ3n) is 3.41. The number of carbonyl (C=O) groups excluding carboxylic acids is 1. The Hall–Kier alpha value is -2.11. The molecule has 0 aromatic heterocycles. The number of hydrogen-bond acceptors (Lipinski definition) is 3. The smallest absolute Gasteiger partial charge is 0.314 e. The van der Waals surface area contributed by atoms with Gasteiger partial charge in [-0.25, -0.2) is 4.79 Å². The molecule has 0 atom stereocenters. The van der Waals surface area contributed by atoms with Gasteiger partial charge in [-0.2, -0.15) is 0 Å². The maximum atomic E-state index is 11.7. The molecular formula is C18H20Cl2N2O3. The molecule has 2 rings (SSSR count). The minimum absolute atomic E-state index is 0.247. The van der Waals surface area contributed by atoms with Crippen LogP contribution in [0, 0.1) is 0 Å². The molecule has 0 aliphatic heterocycles. The summed E-state index contributed by atoms with van der Waals surface area (Å²) in [6, 6.07) is 12.3. The third-order valence-corrected chi connectivity index (χ3v) is 4.00. The summed E-state index contributed by atoms with van der Waals surface area (Å²) >= 11 is 11.9. The van der Waals surface area contributed by atoms with E-state index in [2.05, 4.69) is 10.6 Å². The number of rotatable bonds is 8. The van der Waals surface area contributed by atoms with Gasteiger partial charge in [0, 0.05) is 16.6 Å². The first-order valence-electron chi connectivity index (χ1n) is 7.81. The fraction of sp³-hybridized carbons (Fsp3) is 0.278. The first-order valence-corrected chi connectivity index (χ1v) is 8.56. The zero-order valence-electron chi connectivity index (χ0n) is 13.9. The maximum Gasteiger partial charge on any atom is 0.314 e. The summed E-state index contributed by atoms with van der Waals surface area (Å²) in [5.74, 6) is 1.49. The van der Waals surface area contributed by atoms with Crippen molar-refractivity contribution < 1.29 is 14.3 Å². The van der Waals surface area contributed by atoms with Crippen molar-refractivity contribution in [1.82, 2.24) is 10.6 Å². The molecule has 7 heteroatoms. The summed E-state index contributed by atoms with van der Waals surface area (Å²) in [5.41, 5.74) is 0.939. The molecule has 0 spiro atoms. The molecule has 0 bridgehead atoms. The van der Waals surface area contributed by atoms with Gasteiger partial charge in [-0.15, -0.1) is 0 Å². The van der Waals surface area contributed by atoms with Crippen LogP contribution >= 0.6 is 23.2 Å². The molecule has 0 unspecified atom stereocenters. The second-order valence-electron chi connectivity index (χ2n) is 5.19. The van der Waals surface area contributed by atoms with Crippen LogP contribution < -0.4 is 20.1 Å². The van der Waals surface area contributed by atoms with Crippen molar-refractivity contribution in [3.63, 3.8) is 0 Å². The Labute approximate surface area is 157 Å². The Bertz CT molecular complexity index is 693. The Morgan fingerprint density at radius 2 is 1.68 bits per heavy atom. The van der Waals surface area contributed by atoms with Crippen molar-refractivity contribution in [2.45, 2.75) is 6.42 Å². The van der Waals surface area contributed by atoms with E-state index < -0.39 is 0 Å². The largest absolute Gasteiger partial charge is 0.497 e.